The van der Waals surface area contributed by atoms with Crippen LogP contribution in [0.5, 0.6) is 5.75 Å². The van der Waals surface area contributed by atoms with E-state index in [9.17, 15) is 0 Å². The molecule has 0 saturated heterocycles. The lowest BCUT2D eigenvalue weighted by Crippen LogP contribution is -2.32. The minimum atomic E-state index is 0.177. The lowest BCUT2D eigenvalue weighted by molar-refractivity contribution is 0.242. The lowest BCUT2D eigenvalue weighted by atomic mass is 9.85. The van der Waals surface area contributed by atoms with E-state index in [-0.39, 0.29) is 6.10 Å². The van der Waals surface area contributed by atoms with Crippen LogP contribution < -0.4 is 15.4 Å². The molecular formula is C16H26N2O. The van der Waals surface area contributed by atoms with E-state index in [1.54, 1.807) is 0 Å². The van der Waals surface area contributed by atoms with Gasteiger partial charge in [-0.1, -0.05) is 6.42 Å². The molecule has 1 aromatic rings. The number of rotatable bonds is 6. The fourth-order valence-corrected chi connectivity index (χ4v) is 2.53. The number of anilines is 2. The van der Waals surface area contributed by atoms with E-state index >= 15 is 0 Å². The molecule has 106 valence electrons. The van der Waals surface area contributed by atoms with E-state index in [2.05, 4.69) is 24.0 Å². The molecule has 3 heteroatoms. The Morgan fingerprint density at radius 2 is 2.05 bits per heavy atom. The summed E-state index contributed by atoms with van der Waals surface area (Å²) in [5.74, 6) is 1.73. The molecule has 0 radical (unpaired) electrons. The third-order valence-electron chi connectivity index (χ3n) is 3.74. The Bertz CT molecular complexity index is 413. The smallest absolute Gasteiger partial charge is 0.123 e. The summed E-state index contributed by atoms with van der Waals surface area (Å²) in [5, 5.41) is 0. The Kier molecular flexibility index (Phi) is 4.56. The standard InChI is InChI=1S/C16H26N2O/c1-4-18(11-13-6-5-7-13)15-8-14(17)9-16(10-15)19-12(2)3/h8-10,12-13H,4-7,11,17H2,1-3H3. The molecule has 1 aromatic carbocycles. The Morgan fingerprint density at radius 1 is 1.32 bits per heavy atom. The minimum Gasteiger partial charge on any atom is -0.491 e. The first-order chi connectivity index (χ1) is 9.08. The summed E-state index contributed by atoms with van der Waals surface area (Å²) in [6, 6.07) is 6.06. The Hall–Kier alpha value is -1.38. The molecule has 0 atom stereocenters. The number of nitrogen functional groups attached to an aromatic ring is 1. The molecule has 0 spiro atoms. The maximum absolute atomic E-state index is 6.00. The van der Waals surface area contributed by atoms with Gasteiger partial charge in [-0.15, -0.1) is 0 Å². The molecule has 2 N–H and O–H groups in total. The van der Waals surface area contributed by atoms with Crippen LogP contribution >= 0.6 is 0 Å². The van der Waals surface area contributed by atoms with E-state index in [1.165, 1.54) is 24.9 Å². The first-order valence-corrected chi connectivity index (χ1v) is 7.40. The van der Waals surface area contributed by atoms with Gasteiger partial charge in [-0.05, 0) is 45.6 Å². The first-order valence-electron chi connectivity index (χ1n) is 7.40. The number of nitrogens with zero attached hydrogens (tertiary/aromatic N) is 1. The van der Waals surface area contributed by atoms with Crippen molar-refractivity contribution in [3.8, 4) is 5.75 Å². The molecule has 1 fully saturated rings. The molecule has 1 saturated carbocycles. The van der Waals surface area contributed by atoms with Gasteiger partial charge in [0.1, 0.15) is 5.75 Å². The summed E-state index contributed by atoms with van der Waals surface area (Å²) in [4.78, 5) is 2.41. The molecular weight excluding hydrogens is 236 g/mol. The molecule has 2 rings (SSSR count). The number of ether oxygens (including phenoxy) is 1. The van der Waals surface area contributed by atoms with Crippen LogP contribution in [0.2, 0.25) is 0 Å². The molecule has 0 aliphatic heterocycles. The van der Waals surface area contributed by atoms with Gasteiger partial charge in [0.2, 0.25) is 0 Å². The van der Waals surface area contributed by atoms with Gasteiger partial charge >= 0.3 is 0 Å². The zero-order valence-corrected chi connectivity index (χ0v) is 12.4. The third kappa shape index (κ3) is 3.79. The average Bonchev–Trinajstić information content (AvgIpc) is 2.25. The highest BCUT2D eigenvalue weighted by molar-refractivity contribution is 5.60. The van der Waals surface area contributed by atoms with Gasteiger partial charge in [0.05, 0.1) is 6.10 Å². The highest BCUT2D eigenvalue weighted by Crippen LogP contribution is 2.31. The maximum Gasteiger partial charge on any atom is 0.123 e. The van der Waals surface area contributed by atoms with Crippen molar-refractivity contribution in [3.63, 3.8) is 0 Å². The van der Waals surface area contributed by atoms with Crippen LogP contribution in [0.25, 0.3) is 0 Å². The third-order valence-corrected chi connectivity index (χ3v) is 3.74. The summed E-state index contributed by atoms with van der Waals surface area (Å²) in [6.07, 6.45) is 4.31. The summed E-state index contributed by atoms with van der Waals surface area (Å²) >= 11 is 0. The van der Waals surface area contributed by atoms with E-state index in [0.29, 0.717) is 0 Å². The van der Waals surface area contributed by atoms with Crippen molar-refractivity contribution in [3.05, 3.63) is 18.2 Å². The average molecular weight is 262 g/mol. The molecule has 0 aromatic heterocycles. The summed E-state index contributed by atoms with van der Waals surface area (Å²) in [7, 11) is 0. The van der Waals surface area contributed by atoms with Gasteiger partial charge in [-0.25, -0.2) is 0 Å². The van der Waals surface area contributed by atoms with E-state index in [4.69, 9.17) is 10.5 Å². The van der Waals surface area contributed by atoms with Crippen molar-refractivity contribution in [1.29, 1.82) is 0 Å². The molecule has 0 unspecified atom stereocenters. The quantitative estimate of drug-likeness (QED) is 0.795. The van der Waals surface area contributed by atoms with E-state index in [1.807, 2.05) is 19.9 Å². The van der Waals surface area contributed by atoms with Crippen molar-refractivity contribution < 1.29 is 4.74 Å². The van der Waals surface area contributed by atoms with Gasteiger partial charge in [0, 0.05) is 36.6 Å². The topological polar surface area (TPSA) is 38.5 Å². The van der Waals surface area contributed by atoms with Crippen LogP contribution in [-0.4, -0.2) is 19.2 Å². The zero-order chi connectivity index (χ0) is 13.8. The Balaban J connectivity index is 2.13. The highest BCUT2D eigenvalue weighted by Gasteiger charge is 2.20. The van der Waals surface area contributed by atoms with Crippen LogP contribution in [0, 0.1) is 5.92 Å². The predicted octanol–water partition coefficient (Wildman–Crippen LogP) is 3.68. The van der Waals surface area contributed by atoms with Crippen LogP contribution in [0.15, 0.2) is 18.2 Å². The molecule has 0 bridgehead atoms. The largest absolute Gasteiger partial charge is 0.491 e. The molecule has 0 heterocycles. The van der Waals surface area contributed by atoms with Crippen molar-refractivity contribution in [2.75, 3.05) is 23.7 Å². The van der Waals surface area contributed by atoms with E-state index < -0.39 is 0 Å². The molecule has 1 aliphatic rings. The molecule has 1 aliphatic carbocycles. The van der Waals surface area contributed by atoms with Crippen molar-refractivity contribution in [2.45, 2.75) is 46.1 Å². The first kappa shape index (κ1) is 14.0. The Labute approximate surface area is 116 Å². The number of hydrogen-bond acceptors (Lipinski definition) is 3. The fraction of sp³-hybridized carbons (Fsp3) is 0.625. The number of hydrogen-bond donors (Lipinski definition) is 1. The SMILES string of the molecule is CCN(CC1CCC1)c1cc(N)cc(OC(C)C)c1. The van der Waals surface area contributed by atoms with Gasteiger partial charge in [-0.2, -0.15) is 0 Å². The van der Waals surface area contributed by atoms with Gasteiger partial charge in [0.25, 0.3) is 0 Å². The van der Waals surface area contributed by atoms with E-state index in [0.717, 1.165) is 30.4 Å². The van der Waals surface area contributed by atoms with Crippen LogP contribution in [-0.2, 0) is 0 Å². The van der Waals surface area contributed by atoms with Crippen molar-refractivity contribution in [2.24, 2.45) is 5.92 Å². The second-order valence-electron chi connectivity index (χ2n) is 5.76. The molecule has 0 amide bonds. The minimum absolute atomic E-state index is 0.177. The lowest BCUT2D eigenvalue weighted by Gasteiger charge is -2.33. The second-order valence-corrected chi connectivity index (χ2v) is 5.76. The summed E-state index contributed by atoms with van der Waals surface area (Å²) in [6.45, 7) is 8.43. The fourth-order valence-electron chi connectivity index (χ4n) is 2.53. The molecule has 19 heavy (non-hydrogen) atoms. The monoisotopic (exact) mass is 262 g/mol. The van der Waals surface area contributed by atoms with Gasteiger partial charge in [-0.3, -0.25) is 0 Å². The number of nitrogens with two attached hydrogens (primary N) is 1. The zero-order valence-electron chi connectivity index (χ0n) is 12.4. The van der Waals surface area contributed by atoms with Crippen molar-refractivity contribution >= 4 is 11.4 Å². The van der Waals surface area contributed by atoms with Crippen molar-refractivity contribution in [1.82, 2.24) is 0 Å². The normalized spacial score (nSPS) is 15.4. The molecule has 3 nitrogen and oxygen atoms in total. The maximum atomic E-state index is 6.00. The van der Waals surface area contributed by atoms with Crippen LogP contribution in [0.1, 0.15) is 40.0 Å². The van der Waals surface area contributed by atoms with Crippen LogP contribution in [0.4, 0.5) is 11.4 Å². The summed E-state index contributed by atoms with van der Waals surface area (Å²) in [5.41, 5.74) is 7.96. The second kappa shape index (κ2) is 6.18. The van der Waals surface area contributed by atoms with Crippen LogP contribution in [0.3, 0.4) is 0 Å². The van der Waals surface area contributed by atoms with Gasteiger partial charge in [0.15, 0.2) is 0 Å². The summed E-state index contributed by atoms with van der Waals surface area (Å²) < 4.78 is 5.77. The predicted molar refractivity (Wildman–Crippen MR) is 81.8 cm³/mol. The number of benzene rings is 1. The van der Waals surface area contributed by atoms with Gasteiger partial charge < -0.3 is 15.4 Å². The Morgan fingerprint density at radius 3 is 2.58 bits per heavy atom. The highest BCUT2D eigenvalue weighted by atomic mass is 16.5.